The summed E-state index contributed by atoms with van der Waals surface area (Å²) in [7, 11) is 0. The van der Waals surface area contributed by atoms with Crippen molar-refractivity contribution in [2.75, 3.05) is 4.90 Å². The van der Waals surface area contributed by atoms with Crippen molar-refractivity contribution < 1.29 is 0 Å². The number of thiophene rings is 1. The maximum Gasteiger partial charge on any atom is 0.249 e. The Morgan fingerprint density at radius 3 is 2.10 bits per heavy atom. The standard InChI is InChI=1S/C46H32BNS/c1-46(2,3)30-24-36-33-16-10-17-35-42(33)37(26-41-43(35)34-15-8-9-18-40(34)49-41)47-44-32-14-7-6-12-28(32)20-22-38(44)48(39(25-30)45(36)47)31-21-19-27-11-4-5-13-29(27)23-31/h4-26H,1-3H3. The number of fused-ring (bicyclic) bond motifs is 11. The Bertz CT molecular complexity index is 2890. The molecule has 0 saturated carbocycles. The van der Waals surface area contributed by atoms with Gasteiger partial charge < -0.3 is 4.90 Å². The van der Waals surface area contributed by atoms with E-state index in [4.69, 9.17) is 0 Å². The van der Waals surface area contributed by atoms with Crippen LogP contribution in [0.4, 0.5) is 17.1 Å². The first-order valence-electron chi connectivity index (χ1n) is 17.3. The third-order valence-corrected chi connectivity index (χ3v) is 12.3. The summed E-state index contributed by atoms with van der Waals surface area (Å²) in [5, 5.41) is 10.7. The predicted octanol–water partition coefficient (Wildman–Crippen LogP) is 11.1. The van der Waals surface area contributed by atoms with Gasteiger partial charge in [-0.15, -0.1) is 11.3 Å². The van der Waals surface area contributed by atoms with Gasteiger partial charge in [0, 0.05) is 37.2 Å². The average molecular weight is 642 g/mol. The minimum absolute atomic E-state index is 0.0264. The van der Waals surface area contributed by atoms with Crippen LogP contribution in [0.15, 0.2) is 140 Å². The van der Waals surface area contributed by atoms with Crippen LogP contribution in [-0.4, -0.2) is 6.71 Å². The lowest BCUT2D eigenvalue weighted by atomic mass is 9.31. The zero-order chi connectivity index (χ0) is 32.6. The molecular formula is C46H32BNS. The van der Waals surface area contributed by atoms with Crippen LogP contribution in [0.2, 0.25) is 0 Å². The summed E-state index contributed by atoms with van der Waals surface area (Å²) < 4.78 is 2.72. The zero-order valence-electron chi connectivity index (χ0n) is 27.7. The van der Waals surface area contributed by atoms with Gasteiger partial charge in [-0.05, 0) is 102 Å². The zero-order valence-corrected chi connectivity index (χ0v) is 28.5. The van der Waals surface area contributed by atoms with Crippen molar-refractivity contribution in [3.05, 3.63) is 145 Å². The maximum absolute atomic E-state index is 2.57. The van der Waals surface area contributed by atoms with Gasteiger partial charge in [-0.25, -0.2) is 0 Å². The highest BCUT2D eigenvalue weighted by molar-refractivity contribution is 7.26. The molecule has 0 fully saturated rings. The van der Waals surface area contributed by atoms with Gasteiger partial charge in [-0.2, -0.15) is 0 Å². The van der Waals surface area contributed by atoms with Gasteiger partial charge in [0.15, 0.2) is 0 Å². The van der Waals surface area contributed by atoms with E-state index in [0.717, 1.165) is 0 Å². The van der Waals surface area contributed by atoms with Crippen molar-refractivity contribution in [1.82, 2.24) is 0 Å². The second kappa shape index (κ2) is 9.62. The Balaban J connectivity index is 1.34. The van der Waals surface area contributed by atoms with E-state index in [0.29, 0.717) is 0 Å². The van der Waals surface area contributed by atoms with Crippen LogP contribution in [0.1, 0.15) is 26.3 Å². The lowest BCUT2D eigenvalue weighted by Crippen LogP contribution is -2.59. The molecule has 9 aromatic rings. The van der Waals surface area contributed by atoms with E-state index >= 15 is 0 Å². The second-order valence-electron chi connectivity index (χ2n) is 14.9. The molecule has 2 aliphatic rings. The third-order valence-electron chi connectivity index (χ3n) is 11.2. The van der Waals surface area contributed by atoms with Gasteiger partial charge in [0.05, 0.1) is 0 Å². The van der Waals surface area contributed by atoms with Gasteiger partial charge >= 0.3 is 0 Å². The first-order valence-corrected chi connectivity index (χ1v) is 18.1. The minimum atomic E-state index is -0.0264. The highest BCUT2D eigenvalue weighted by atomic mass is 32.1. The molecule has 0 bridgehead atoms. The van der Waals surface area contributed by atoms with E-state index in [-0.39, 0.29) is 12.1 Å². The van der Waals surface area contributed by atoms with Crippen LogP contribution < -0.4 is 21.3 Å². The minimum Gasteiger partial charge on any atom is -0.311 e. The fourth-order valence-electron chi connectivity index (χ4n) is 8.92. The molecule has 0 saturated heterocycles. The molecule has 49 heavy (non-hydrogen) atoms. The van der Waals surface area contributed by atoms with Gasteiger partial charge in [-0.1, -0.05) is 129 Å². The summed E-state index contributed by atoms with van der Waals surface area (Å²) in [4.78, 5) is 2.57. The van der Waals surface area contributed by atoms with Crippen LogP contribution in [0.25, 0.3) is 63.6 Å². The summed E-state index contributed by atoms with van der Waals surface area (Å²) in [5.41, 5.74) is 12.1. The molecule has 11 rings (SSSR count). The molecule has 0 amide bonds. The lowest BCUT2D eigenvalue weighted by Gasteiger charge is -2.42. The smallest absolute Gasteiger partial charge is 0.249 e. The van der Waals surface area contributed by atoms with Crippen molar-refractivity contribution in [1.29, 1.82) is 0 Å². The van der Waals surface area contributed by atoms with Crippen LogP contribution in [0.5, 0.6) is 0 Å². The largest absolute Gasteiger partial charge is 0.311 e. The van der Waals surface area contributed by atoms with Crippen LogP contribution in [-0.2, 0) is 5.41 Å². The van der Waals surface area contributed by atoms with Crippen LogP contribution in [0, 0.1) is 0 Å². The van der Waals surface area contributed by atoms with Gasteiger partial charge in [0.25, 0.3) is 0 Å². The molecule has 0 aliphatic carbocycles. The molecule has 1 aromatic heterocycles. The average Bonchev–Trinajstić information content (AvgIpc) is 3.51. The summed E-state index contributed by atoms with van der Waals surface area (Å²) in [5.74, 6) is 0. The number of anilines is 3. The Hall–Kier alpha value is -5.38. The fraction of sp³-hybridized carbons (Fsp3) is 0.0870. The summed E-state index contributed by atoms with van der Waals surface area (Å²) >= 11 is 1.93. The second-order valence-corrected chi connectivity index (χ2v) is 16.0. The molecule has 3 heterocycles. The molecular weight excluding hydrogens is 609 g/mol. The number of nitrogens with zero attached hydrogens (tertiary/aromatic N) is 1. The van der Waals surface area contributed by atoms with Crippen molar-refractivity contribution in [2.24, 2.45) is 0 Å². The highest BCUT2D eigenvalue weighted by Gasteiger charge is 2.43. The van der Waals surface area contributed by atoms with E-state index in [1.54, 1.807) is 0 Å². The molecule has 230 valence electrons. The SMILES string of the molecule is CC(C)(C)c1cc2c3c(c1)N(c1ccc4ccccc4c1)c1ccc4ccccc4c1B3c1cc3sc4ccccc4c3c3cccc-2c13. The quantitative estimate of drug-likeness (QED) is 0.161. The number of hydrogen-bond acceptors (Lipinski definition) is 2. The van der Waals surface area contributed by atoms with Crippen LogP contribution in [0.3, 0.4) is 0 Å². The molecule has 8 aromatic carbocycles. The molecule has 1 nitrogen and oxygen atoms in total. The Morgan fingerprint density at radius 1 is 0.510 bits per heavy atom. The summed E-state index contributed by atoms with van der Waals surface area (Å²) in [6.07, 6.45) is 0. The molecule has 3 heteroatoms. The molecule has 2 aliphatic heterocycles. The number of rotatable bonds is 1. The first-order chi connectivity index (χ1) is 23.9. The van der Waals surface area contributed by atoms with Crippen molar-refractivity contribution in [3.63, 3.8) is 0 Å². The van der Waals surface area contributed by atoms with Crippen molar-refractivity contribution in [3.8, 4) is 11.1 Å². The van der Waals surface area contributed by atoms with Crippen molar-refractivity contribution in [2.45, 2.75) is 26.2 Å². The van der Waals surface area contributed by atoms with E-state index in [9.17, 15) is 0 Å². The predicted molar refractivity (Wildman–Crippen MR) is 215 cm³/mol. The normalized spacial score (nSPS) is 13.5. The Kier molecular flexibility index (Phi) is 5.41. The van der Waals surface area contributed by atoms with Crippen molar-refractivity contribution >= 4 is 104 Å². The fourth-order valence-corrected chi connectivity index (χ4v) is 10.1. The molecule has 0 spiro atoms. The first kappa shape index (κ1) is 27.6. The monoisotopic (exact) mass is 641 g/mol. The van der Waals surface area contributed by atoms with Gasteiger partial charge in [0.1, 0.15) is 0 Å². The molecule has 0 radical (unpaired) electrons. The maximum atomic E-state index is 2.57. The van der Waals surface area contributed by atoms with E-state index < -0.39 is 0 Å². The molecule has 0 N–H and O–H groups in total. The van der Waals surface area contributed by atoms with E-state index in [1.807, 2.05) is 11.3 Å². The van der Waals surface area contributed by atoms with E-state index in [2.05, 4.69) is 165 Å². The van der Waals surface area contributed by atoms with E-state index in [1.165, 1.54) is 103 Å². The lowest BCUT2D eigenvalue weighted by molar-refractivity contribution is 0.591. The summed E-state index contributed by atoms with van der Waals surface area (Å²) in [6.45, 7) is 7.15. The third kappa shape index (κ3) is 3.71. The number of hydrogen-bond donors (Lipinski definition) is 0. The Morgan fingerprint density at radius 2 is 1.24 bits per heavy atom. The van der Waals surface area contributed by atoms with Gasteiger partial charge in [0.2, 0.25) is 6.71 Å². The topological polar surface area (TPSA) is 3.24 Å². The number of benzene rings is 8. The van der Waals surface area contributed by atoms with Gasteiger partial charge in [-0.3, -0.25) is 0 Å². The molecule has 0 unspecified atom stereocenters. The Labute approximate surface area is 290 Å². The highest BCUT2D eigenvalue weighted by Crippen LogP contribution is 2.47. The van der Waals surface area contributed by atoms with Crippen LogP contribution >= 0.6 is 11.3 Å². The molecule has 0 atom stereocenters. The summed E-state index contributed by atoms with van der Waals surface area (Å²) in [6, 6.07) is 53.0.